The summed E-state index contributed by atoms with van der Waals surface area (Å²) in [6, 6.07) is 18.5. The lowest BCUT2D eigenvalue weighted by atomic mass is 9.82. The number of aliphatic hydroxyl groups is 1. The fourth-order valence-electron chi connectivity index (χ4n) is 3.25. The Labute approximate surface area is 126 Å². The molecule has 0 heterocycles. The van der Waals surface area contributed by atoms with E-state index in [1.165, 1.54) is 30.4 Å². The number of hydrogen-bond acceptors (Lipinski definition) is 2. The second kappa shape index (κ2) is 6.00. The van der Waals surface area contributed by atoms with Crippen molar-refractivity contribution in [1.82, 2.24) is 5.32 Å². The van der Waals surface area contributed by atoms with E-state index in [4.69, 9.17) is 0 Å². The summed E-state index contributed by atoms with van der Waals surface area (Å²) < 4.78 is 0. The molecule has 0 aromatic heterocycles. The molecule has 0 saturated carbocycles. The first-order valence-electron chi connectivity index (χ1n) is 7.77. The minimum Gasteiger partial charge on any atom is -0.372 e. The van der Waals surface area contributed by atoms with Crippen LogP contribution in [0.4, 0.5) is 0 Å². The zero-order valence-electron chi connectivity index (χ0n) is 12.5. The molecule has 21 heavy (non-hydrogen) atoms. The summed E-state index contributed by atoms with van der Waals surface area (Å²) in [5.74, 6) is 0.491. The first-order valence-corrected chi connectivity index (χ1v) is 7.77. The van der Waals surface area contributed by atoms with Gasteiger partial charge < -0.3 is 5.11 Å². The van der Waals surface area contributed by atoms with Gasteiger partial charge in [-0.1, -0.05) is 54.6 Å². The van der Waals surface area contributed by atoms with Gasteiger partial charge in [0.05, 0.1) is 0 Å². The van der Waals surface area contributed by atoms with Crippen molar-refractivity contribution in [2.75, 3.05) is 6.54 Å². The van der Waals surface area contributed by atoms with E-state index in [2.05, 4.69) is 29.6 Å². The van der Waals surface area contributed by atoms with Gasteiger partial charge in [0.2, 0.25) is 0 Å². The third-order valence-electron chi connectivity index (χ3n) is 4.52. The summed E-state index contributed by atoms with van der Waals surface area (Å²) in [5, 5.41) is 14.0. The topological polar surface area (TPSA) is 32.3 Å². The van der Waals surface area contributed by atoms with Crippen LogP contribution in [0.3, 0.4) is 0 Å². The molecule has 2 atom stereocenters. The predicted octanol–water partition coefficient (Wildman–Crippen LogP) is 3.56. The first kappa shape index (κ1) is 14.3. The molecule has 110 valence electrons. The van der Waals surface area contributed by atoms with Crippen molar-refractivity contribution in [3.63, 3.8) is 0 Å². The van der Waals surface area contributed by atoms with E-state index in [0.29, 0.717) is 5.92 Å². The van der Waals surface area contributed by atoms with E-state index in [9.17, 15) is 5.11 Å². The van der Waals surface area contributed by atoms with Crippen LogP contribution in [0, 0.1) is 0 Å². The highest BCUT2D eigenvalue weighted by Crippen LogP contribution is 2.31. The monoisotopic (exact) mass is 281 g/mol. The average Bonchev–Trinajstić information content (AvgIpc) is 2.54. The van der Waals surface area contributed by atoms with E-state index in [1.807, 2.05) is 37.3 Å². The normalized spacial score (nSPS) is 20.6. The third-order valence-corrected chi connectivity index (χ3v) is 4.52. The minimum absolute atomic E-state index is 0.491. The van der Waals surface area contributed by atoms with Gasteiger partial charge in [0.15, 0.2) is 0 Å². The molecule has 2 aromatic carbocycles. The minimum atomic E-state index is -0.979. The standard InChI is InChI=1S/C19H23NO/c1-19(21,17-11-3-2-4-12-17)20-14-16-10-7-9-15-8-5-6-13-18(15)16/h2-6,8,11-13,16,20-21H,7,9-10,14H2,1H3. The van der Waals surface area contributed by atoms with Crippen LogP contribution in [0.15, 0.2) is 54.6 Å². The molecule has 2 nitrogen and oxygen atoms in total. The molecule has 2 unspecified atom stereocenters. The van der Waals surface area contributed by atoms with Gasteiger partial charge in [-0.25, -0.2) is 0 Å². The van der Waals surface area contributed by atoms with Gasteiger partial charge in [0, 0.05) is 6.54 Å². The van der Waals surface area contributed by atoms with Crippen LogP contribution in [0.5, 0.6) is 0 Å². The Kier molecular flexibility index (Phi) is 4.09. The Hall–Kier alpha value is -1.64. The Balaban J connectivity index is 1.71. The number of nitrogens with one attached hydrogen (secondary N) is 1. The molecule has 0 spiro atoms. The van der Waals surface area contributed by atoms with Crippen molar-refractivity contribution in [1.29, 1.82) is 0 Å². The number of rotatable bonds is 4. The lowest BCUT2D eigenvalue weighted by Crippen LogP contribution is -2.42. The van der Waals surface area contributed by atoms with Crippen molar-refractivity contribution in [3.05, 3.63) is 71.3 Å². The third kappa shape index (κ3) is 3.17. The largest absolute Gasteiger partial charge is 0.372 e. The van der Waals surface area contributed by atoms with Gasteiger partial charge in [0.25, 0.3) is 0 Å². The van der Waals surface area contributed by atoms with Crippen LogP contribution in [0.2, 0.25) is 0 Å². The number of fused-ring (bicyclic) bond motifs is 1. The van der Waals surface area contributed by atoms with Crippen LogP contribution in [0.25, 0.3) is 0 Å². The first-order chi connectivity index (χ1) is 10.2. The molecule has 1 aliphatic rings. The molecule has 0 amide bonds. The lowest BCUT2D eigenvalue weighted by molar-refractivity contribution is 0.0181. The summed E-state index contributed by atoms with van der Waals surface area (Å²) in [6.07, 6.45) is 3.60. The van der Waals surface area contributed by atoms with E-state index in [0.717, 1.165) is 12.1 Å². The molecule has 0 radical (unpaired) electrons. The van der Waals surface area contributed by atoms with Crippen LogP contribution in [0.1, 0.15) is 42.4 Å². The molecule has 1 aliphatic carbocycles. The van der Waals surface area contributed by atoms with Crippen molar-refractivity contribution < 1.29 is 5.11 Å². The van der Waals surface area contributed by atoms with Gasteiger partial charge in [-0.05, 0) is 48.8 Å². The maximum atomic E-state index is 10.7. The Morgan fingerprint density at radius 3 is 2.62 bits per heavy atom. The van der Waals surface area contributed by atoms with Crippen molar-refractivity contribution in [2.24, 2.45) is 0 Å². The lowest BCUT2D eigenvalue weighted by Gasteiger charge is -2.31. The molecule has 3 rings (SSSR count). The van der Waals surface area contributed by atoms with Crippen LogP contribution >= 0.6 is 0 Å². The van der Waals surface area contributed by atoms with Crippen LogP contribution in [-0.4, -0.2) is 11.7 Å². The zero-order chi connectivity index (χ0) is 14.7. The average molecular weight is 281 g/mol. The zero-order valence-corrected chi connectivity index (χ0v) is 12.5. The maximum Gasteiger partial charge on any atom is 0.139 e. The summed E-state index contributed by atoms with van der Waals surface area (Å²) in [7, 11) is 0. The fourth-order valence-corrected chi connectivity index (χ4v) is 3.25. The second-order valence-electron chi connectivity index (χ2n) is 6.11. The van der Waals surface area contributed by atoms with Crippen molar-refractivity contribution >= 4 is 0 Å². The predicted molar refractivity (Wildman–Crippen MR) is 86.1 cm³/mol. The SMILES string of the molecule is CC(O)(NCC1CCCc2ccccc21)c1ccccc1. The van der Waals surface area contributed by atoms with Gasteiger partial charge in [-0.15, -0.1) is 0 Å². The smallest absolute Gasteiger partial charge is 0.139 e. The quantitative estimate of drug-likeness (QED) is 0.840. The molecule has 2 heteroatoms. The van der Waals surface area contributed by atoms with Gasteiger partial charge >= 0.3 is 0 Å². The van der Waals surface area contributed by atoms with E-state index < -0.39 is 5.72 Å². The highest BCUT2D eigenvalue weighted by Gasteiger charge is 2.26. The number of hydrogen-bond donors (Lipinski definition) is 2. The van der Waals surface area contributed by atoms with E-state index >= 15 is 0 Å². The molecule has 2 N–H and O–H groups in total. The van der Waals surface area contributed by atoms with Crippen molar-refractivity contribution in [2.45, 2.75) is 37.8 Å². The molecular formula is C19H23NO. The molecule has 2 aromatic rings. The second-order valence-corrected chi connectivity index (χ2v) is 6.11. The number of benzene rings is 2. The highest BCUT2D eigenvalue weighted by molar-refractivity contribution is 5.33. The summed E-state index contributed by atoms with van der Waals surface area (Å²) in [6.45, 7) is 2.63. The van der Waals surface area contributed by atoms with Gasteiger partial charge in [0.1, 0.15) is 5.72 Å². The molecule has 0 aliphatic heterocycles. The molecular weight excluding hydrogens is 258 g/mol. The van der Waals surface area contributed by atoms with Gasteiger partial charge in [-0.3, -0.25) is 5.32 Å². The maximum absolute atomic E-state index is 10.7. The Morgan fingerprint density at radius 1 is 1.10 bits per heavy atom. The Morgan fingerprint density at radius 2 is 1.81 bits per heavy atom. The molecule has 0 bridgehead atoms. The number of aryl methyl sites for hydroxylation is 1. The fraction of sp³-hybridized carbons (Fsp3) is 0.368. The van der Waals surface area contributed by atoms with E-state index in [1.54, 1.807) is 0 Å². The van der Waals surface area contributed by atoms with Crippen molar-refractivity contribution in [3.8, 4) is 0 Å². The summed E-state index contributed by atoms with van der Waals surface area (Å²) in [4.78, 5) is 0. The van der Waals surface area contributed by atoms with E-state index in [-0.39, 0.29) is 0 Å². The molecule has 0 saturated heterocycles. The van der Waals surface area contributed by atoms with Crippen LogP contribution in [-0.2, 0) is 12.1 Å². The summed E-state index contributed by atoms with van der Waals surface area (Å²) >= 11 is 0. The van der Waals surface area contributed by atoms with Crippen LogP contribution < -0.4 is 5.32 Å². The molecule has 0 fully saturated rings. The highest BCUT2D eigenvalue weighted by atomic mass is 16.3. The summed E-state index contributed by atoms with van der Waals surface area (Å²) in [5.41, 5.74) is 2.84. The Bertz CT molecular complexity index is 592. The van der Waals surface area contributed by atoms with Gasteiger partial charge in [-0.2, -0.15) is 0 Å².